The van der Waals surface area contributed by atoms with Gasteiger partial charge in [-0.25, -0.2) is 0 Å². The zero-order valence-corrected chi connectivity index (χ0v) is 24.2. The van der Waals surface area contributed by atoms with Gasteiger partial charge in [-0.15, -0.1) is 0 Å². The van der Waals surface area contributed by atoms with Crippen molar-refractivity contribution in [1.29, 1.82) is 0 Å². The summed E-state index contributed by atoms with van der Waals surface area (Å²) < 4.78 is 15.8. The Hall–Kier alpha value is -3.76. The number of Topliss-reactive ketones (excluding diaryl/α,β-unsaturated/α-hetero) is 1. The monoisotopic (exact) mass is 567 g/mol. The second kappa shape index (κ2) is 15.9. The van der Waals surface area contributed by atoms with Gasteiger partial charge in [-0.05, 0) is 56.4 Å². The first-order valence-electron chi connectivity index (χ1n) is 13.9. The van der Waals surface area contributed by atoms with Crippen molar-refractivity contribution < 1.29 is 33.4 Å². The third-order valence-electron chi connectivity index (χ3n) is 7.27. The van der Waals surface area contributed by atoms with Crippen molar-refractivity contribution in [3.63, 3.8) is 0 Å². The molecule has 10 nitrogen and oxygen atoms in total. The predicted octanol–water partition coefficient (Wildman–Crippen LogP) is 1.99. The zero-order chi connectivity index (χ0) is 29.8. The number of carbonyl (C=O) groups excluding carboxylic acids is 4. The number of ether oxygens (including phenoxy) is 3. The maximum atomic E-state index is 13.7. The van der Waals surface area contributed by atoms with Crippen molar-refractivity contribution in [3.05, 3.63) is 65.7 Å². The van der Waals surface area contributed by atoms with E-state index in [0.29, 0.717) is 31.8 Å². The second-order valence-electron chi connectivity index (χ2n) is 10.3. The molecule has 0 aromatic heterocycles. The molecule has 3 rings (SSSR count). The molecule has 4 unspecified atom stereocenters. The van der Waals surface area contributed by atoms with Crippen molar-refractivity contribution in [1.82, 2.24) is 16.0 Å². The van der Waals surface area contributed by atoms with Gasteiger partial charge in [0.15, 0.2) is 5.78 Å². The highest BCUT2D eigenvalue weighted by molar-refractivity contribution is 5.96. The van der Waals surface area contributed by atoms with E-state index < -0.39 is 36.0 Å². The first kappa shape index (κ1) is 31.8. The fraction of sp³-hybridized carbons (Fsp3) is 0.484. The van der Waals surface area contributed by atoms with Crippen LogP contribution in [-0.4, -0.2) is 75.2 Å². The maximum Gasteiger partial charge on any atom is 0.243 e. The summed E-state index contributed by atoms with van der Waals surface area (Å²) in [5.41, 5.74) is 1.65. The smallest absolute Gasteiger partial charge is 0.243 e. The fourth-order valence-corrected chi connectivity index (χ4v) is 4.60. The minimum absolute atomic E-state index is 0.161. The fourth-order valence-electron chi connectivity index (χ4n) is 4.60. The zero-order valence-electron chi connectivity index (χ0n) is 24.2. The van der Waals surface area contributed by atoms with Gasteiger partial charge in [0.1, 0.15) is 23.9 Å². The van der Waals surface area contributed by atoms with E-state index in [9.17, 15) is 19.2 Å². The number of hydrogen-bond acceptors (Lipinski definition) is 7. The van der Waals surface area contributed by atoms with Gasteiger partial charge >= 0.3 is 0 Å². The molecule has 0 aliphatic carbocycles. The highest BCUT2D eigenvalue weighted by atomic mass is 16.5. The molecule has 0 radical (unpaired) electrons. The Labute approximate surface area is 241 Å². The lowest BCUT2D eigenvalue weighted by Gasteiger charge is -2.26. The molecule has 3 amide bonds. The van der Waals surface area contributed by atoms with Crippen LogP contribution in [0.4, 0.5) is 0 Å². The lowest BCUT2D eigenvalue weighted by molar-refractivity contribution is -0.136. The first-order chi connectivity index (χ1) is 19.7. The van der Waals surface area contributed by atoms with Crippen LogP contribution in [0.1, 0.15) is 37.8 Å². The summed E-state index contributed by atoms with van der Waals surface area (Å²) in [6.07, 6.45) is 0.881. The van der Waals surface area contributed by atoms with Gasteiger partial charge in [-0.3, -0.25) is 19.2 Å². The summed E-state index contributed by atoms with van der Waals surface area (Å²) in [5.74, 6) is -1.08. The van der Waals surface area contributed by atoms with Crippen molar-refractivity contribution in [2.24, 2.45) is 5.92 Å². The maximum absolute atomic E-state index is 13.7. The molecule has 1 aliphatic heterocycles. The minimum Gasteiger partial charge on any atom is -0.497 e. The molecular formula is C31H41N3O7. The quantitative estimate of drug-likeness (QED) is 0.318. The van der Waals surface area contributed by atoms with Gasteiger partial charge in [0, 0.05) is 32.7 Å². The number of ketones is 1. The van der Waals surface area contributed by atoms with Gasteiger partial charge in [0.25, 0.3) is 0 Å². The third kappa shape index (κ3) is 9.68. The molecule has 2 aromatic rings. The molecule has 0 bridgehead atoms. The van der Waals surface area contributed by atoms with Crippen LogP contribution in [0.2, 0.25) is 0 Å². The minimum atomic E-state index is -1.01. The number of methoxy groups -OCH3 is 2. The average Bonchev–Trinajstić information content (AvgIpc) is 3.00. The van der Waals surface area contributed by atoms with Crippen LogP contribution in [0.25, 0.3) is 0 Å². The average molecular weight is 568 g/mol. The van der Waals surface area contributed by atoms with Crippen LogP contribution >= 0.6 is 0 Å². The predicted molar refractivity (Wildman–Crippen MR) is 153 cm³/mol. The largest absolute Gasteiger partial charge is 0.497 e. The molecule has 1 saturated heterocycles. The van der Waals surface area contributed by atoms with Gasteiger partial charge in [-0.1, -0.05) is 42.5 Å². The number of amides is 3. The Morgan fingerprint density at radius 3 is 2.00 bits per heavy atom. The SMILES string of the molecule is COc1ccc(CC(NC(=O)C(C)NC(=O)C2CCOCC2)C(=O)NC(Cc2ccccc2)C(=O)C(C)OC)cc1. The summed E-state index contributed by atoms with van der Waals surface area (Å²) >= 11 is 0. The first-order valence-corrected chi connectivity index (χ1v) is 13.9. The van der Waals surface area contributed by atoms with Crippen LogP contribution in [0.15, 0.2) is 54.6 Å². The molecule has 3 N–H and O–H groups in total. The molecular weight excluding hydrogens is 526 g/mol. The Bertz CT molecular complexity index is 1150. The van der Waals surface area contributed by atoms with E-state index in [1.54, 1.807) is 45.2 Å². The van der Waals surface area contributed by atoms with Gasteiger partial charge in [-0.2, -0.15) is 0 Å². The number of nitrogens with one attached hydrogen (secondary N) is 3. The Balaban J connectivity index is 1.77. The number of benzene rings is 2. The van der Waals surface area contributed by atoms with E-state index in [4.69, 9.17) is 14.2 Å². The molecule has 1 aliphatic rings. The standard InChI is InChI=1S/C31H41N3O7/c1-20(32-30(37)24-14-16-41-17-15-24)29(36)34-27(19-23-10-12-25(40-4)13-11-23)31(38)33-26(28(35)21(2)39-3)18-22-8-6-5-7-9-22/h5-13,20-21,24,26-27H,14-19H2,1-4H3,(H,32,37)(H,33,38)(H,34,36). The molecule has 41 heavy (non-hydrogen) atoms. The number of rotatable bonds is 14. The molecule has 10 heteroatoms. The summed E-state index contributed by atoms with van der Waals surface area (Å²) in [4.78, 5) is 52.7. The lowest BCUT2D eigenvalue weighted by atomic mass is 9.98. The van der Waals surface area contributed by atoms with E-state index in [-0.39, 0.29) is 30.4 Å². The van der Waals surface area contributed by atoms with E-state index in [0.717, 1.165) is 11.1 Å². The molecule has 222 valence electrons. The normalized spacial score (nSPS) is 16.5. The molecule has 2 aromatic carbocycles. The number of hydrogen-bond donors (Lipinski definition) is 3. The number of carbonyl (C=O) groups is 4. The van der Waals surface area contributed by atoms with Crippen molar-refractivity contribution in [2.75, 3.05) is 27.4 Å². The Morgan fingerprint density at radius 1 is 0.805 bits per heavy atom. The highest BCUT2D eigenvalue weighted by Crippen LogP contribution is 2.16. The Kier molecular flexibility index (Phi) is 12.3. The second-order valence-corrected chi connectivity index (χ2v) is 10.3. The van der Waals surface area contributed by atoms with E-state index in [1.807, 2.05) is 30.3 Å². The van der Waals surface area contributed by atoms with Crippen LogP contribution in [-0.2, 0) is 41.5 Å². The molecule has 1 fully saturated rings. The molecule has 4 atom stereocenters. The summed E-state index contributed by atoms with van der Waals surface area (Å²) in [5, 5.41) is 8.40. The van der Waals surface area contributed by atoms with Crippen molar-refractivity contribution in [3.8, 4) is 5.75 Å². The van der Waals surface area contributed by atoms with E-state index >= 15 is 0 Å². The molecule has 1 heterocycles. The van der Waals surface area contributed by atoms with Gasteiger partial charge in [0.05, 0.1) is 13.2 Å². The van der Waals surface area contributed by atoms with Crippen molar-refractivity contribution in [2.45, 2.75) is 63.8 Å². The summed E-state index contributed by atoms with van der Waals surface area (Å²) in [6.45, 7) is 4.23. The van der Waals surface area contributed by atoms with E-state index in [1.165, 1.54) is 7.11 Å². The Morgan fingerprint density at radius 2 is 1.39 bits per heavy atom. The van der Waals surface area contributed by atoms with Gasteiger partial charge < -0.3 is 30.2 Å². The third-order valence-corrected chi connectivity index (χ3v) is 7.27. The molecule has 0 saturated carbocycles. The summed E-state index contributed by atoms with van der Waals surface area (Å²) in [7, 11) is 3.00. The van der Waals surface area contributed by atoms with Crippen LogP contribution in [0.3, 0.4) is 0 Å². The van der Waals surface area contributed by atoms with Crippen LogP contribution in [0, 0.1) is 5.92 Å². The highest BCUT2D eigenvalue weighted by Gasteiger charge is 2.31. The van der Waals surface area contributed by atoms with Crippen LogP contribution in [0.5, 0.6) is 5.75 Å². The molecule has 0 spiro atoms. The van der Waals surface area contributed by atoms with Crippen molar-refractivity contribution >= 4 is 23.5 Å². The van der Waals surface area contributed by atoms with Gasteiger partial charge in [0.2, 0.25) is 17.7 Å². The topological polar surface area (TPSA) is 132 Å². The summed E-state index contributed by atoms with van der Waals surface area (Å²) in [6, 6.07) is 13.8. The lowest BCUT2D eigenvalue weighted by Crippen LogP contribution is -2.57. The van der Waals surface area contributed by atoms with Crippen LogP contribution < -0.4 is 20.7 Å². The van der Waals surface area contributed by atoms with E-state index in [2.05, 4.69) is 16.0 Å².